The number of hydrogen-bond acceptors (Lipinski definition) is 4. The van der Waals surface area contributed by atoms with Gasteiger partial charge in [0, 0.05) is 12.8 Å². The van der Waals surface area contributed by atoms with Gasteiger partial charge in [0.05, 0.1) is 12.1 Å². The number of nitrogens with zero attached hydrogens (tertiary/aromatic N) is 2. The Morgan fingerprint density at radius 3 is 1.46 bits per heavy atom. The Kier molecular flexibility index (Phi) is 5.22. The zero-order valence-electron chi connectivity index (χ0n) is 15.2. The third-order valence-corrected chi connectivity index (χ3v) is 4.73. The molecule has 0 aliphatic carbocycles. The largest absolute Gasteiger partial charge is 0.478 e. The van der Waals surface area contributed by atoms with E-state index in [1.807, 2.05) is 0 Å². The van der Waals surface area contributed by atoms with Crippen LogP contribution in [0.3, 0.4) is 0 Å². The second kappa shape index (κ2) is 7.37. The molecule has 0 radical (unpaired) electrons. The van der Waals surface area contributed by atoms with Crippen molar-refractivity contribution in [3.8, 4) is 0 Å². The van der Waals surface area contributed by atoms with Crippen LogP contribution in [0.5, 0.6) is 0 Å². The van der Waals surface area contributed by atoms with Gasteiger partial charge >= 0.3 is 0 Å². The number of rotatable bonds is 6. The number of benzene rings is 1. The molecule has 0 saturated heterocycles. The van der Waals surface area contributed by atoms with Gasteiger partial charge in [0.15, 0.2) is 11.8 Å². The fraction of sp³-hybridized carbons (Fsp3) is 0.600. The maximum Gasteiger partial charge on any atom is 0.188 e. The Bertz CT molecular complexity index is 562. The van der Waals surface area contributed by atoms with Crippen LogP contribution in [0.25, 0.3) is 0 Å². The topological polar surface area (TPSA) is 43.2 Å². The van der Waals surface area contributed by atoms with Crippen molar-refractivity contribution in [3.05, 3.63) is 35.4 Å². The normalized spacial score (nSPS) is 23.2. The van der Waals surface area contributed by atoms with Crippen molar-refractivity contribution in [1.82, 2.24) is 0 Å². The van der Waals surface area contributed by atoms with Crippen LogP contribution < -0.4 is 0 Å². The summed E-state index contributed by atoms with van der Waals surface area (Å²) < 4.78 is 11.4. The molecule has 0 spiro atoms. The molecule has 4 heteroatoms. The van der Waals surface area contributed by atoms with E-state index in [1.54, 1.807) is 0 Å². The molecule has 2 heterocycles. The lowest BCUT2D eigenvalue weighted by molar-refractivity contribution is 0.287. The van der Waals surface area contributed by atoms with Crippen molar-refractivity contribution in [2.45, 2.75) is 52.6 Å². The minimum atomic E-state index is 0.311. The smallest absolute Gasteiger partial charge is 0.188 e. The summed E-state index contributed by atoms with van der Waals surface area (Å²) in [6.07, 6.45) is 1.55. The maximum absolute atomic E-state index is 5.71. The molecular weight excluding hydrogens is 300 g/mol. The van der Waals surface area contributed by atoms with E-state index >= 15 is 0 Å². The lowest BCUT2D eigenvalue weighted by atomic mass is 10.1. The van der Waals surface area contributed by atoms with Crippen LogP contribution in [-0.2, 0) is 22.3 Å². The van der Waals surface area contributed by atoms with Gasteiger partial charge in [-0.1, -0.05) is 52.0 Å². The first-order chi connectivity index (χ1) is 11.5. The minimum absolute atomic E-state index is 0.311. The van der Waals surface area contributed by atoms with Crippen molar-refractivity contribution >= 4 is 11.8 Å². The summed E-state index contributed by atoms with van der Waals surface area (Å²) in [7, 11) is 0. The van der Waals surface area contributed by atoms with Crippen LogP contribution >= 0.6 is 0 Å². The van der Waals surface area contributed by atoms with Crippen LogP contribution in [0, 0.1) is 11.8 Å². The molecule has 0 aromatic heterocycles. The molecule has 4 nitrogen and oxygen atoms in total. The average Bonchev–Trinajstić information content (AvgIpc) is 3.19. The fourth-order valence-electron chi connectivity index (χ4n) is 2.88. The Morgan fingerprint density at radius 1 is 0.792 bits per heavy atom. The van der Waals surface area contributed by atoms with E-state index in [1.165, 1.54) is 11.1 Å². The van der Waals surface area contributed by atoms with Gasteiger partial charge in [0.2, 0.25) is 0 Å². The summed E-state index contributed by atoms with van der Waals surface area (Å²) >= 11 is 0. The molecule has 2 atom stereocenters. The van der Waals surface area contributed by atoms with Crippen molar-refractivity contribution in [1.29, 1.82) is 0 Å². The van der Waals surface area contributed by atoms with E-state index in [4.69, 9.17) is 9.47 Å². The van der Waals surface area contributed by atoms with E-state index in [0.29, 0.717) is 23.9 Å². The van der Waals surface area contributed by atoms with Crippen LogP contribution in [-0.4, -0.2) is 37.1 Å². The van der Waals surface area contributed by atoms with E-state index in [-0.39, 0.29) is 0 Å². The average molecular weight is 328 g/mol. The number of aliphatic imine (C=N–C) groups is 2. The third kappa shape index (κ3) is 4.16. The van der Waals surface area contributed by atoms with E-state index in [9.17, 15) is 0 Å². The second-order valence-corrected chi connectivity index (χ2v) is 7.46. The molecule has 24 heavy (non-hydrogen) atoms. The molecule has 3 rings (SSSR count). The molecule has 0 bridgehead atoms. The zero-order chi connectivity index (χ0) is 17.1. The fourth-order valence-corrected chi connectivity index (χ4v) is 2.88. The summed E-state index contributed by atoms with van der Waals surface area (Å²) in [4.78, 5) is 9.34. The number of hydrogen-bond donors (Lipinski definition) is 0. The highest BCUT2D eigenvalue weighted by atomic mass is 16.5. The first-order valence-corrected chi connectivity index (χ1v) is 8.98. The molecule has 2 aliphatic rings. The molecule has 0 amide bonds. The Labute approximate surface area is 145 Å². The van der Waals surface area contributed by atoms with Crippen LogP contribution in [0.15, 0.2) is 34.3 Å². The summed E-state index contributed by atoms with van der Waals surface area (Å²) in [5, 5.41) is 0. The van der Waals surface area contributed by atoms with Crippen molar-refractivity contribution in [2.24, 2.45) is 21.8 Å². The molecule has 2 unspecified atom stereocenters. The highest BCUT2D eigenvalue weighted by molar-refractivity contribution is 5.81. The van der Waals surface area contributed by atoms with Gasteiger partial charge in [0.25, 0.3) is 0 Å². The molecule has 0 saturated carbocycles. The molecule has 1 aromatic rings. The highest BCUT2D eigenvalue weighted by Crippen LogP contribution is 2.18. The summed E-state index contributed by atoms with van der Waals surface area (Å²) in [5.41, 5.74) is 2.47. The maximum atomic E-state index is 5.71. The van der Waals surface area contributed by atoms with Crippen molar-refractivity contribution in [3.63, 3.8) is 0 Å². The van der Waals surface area contributed by atoms with Gasteiger partial charge < -0.3 is 9.47 Å². The Hall–Kier alpha value is -1.84. The monoisotopic (exact) mass is 328 g/mol. The van der Waals surface area contributed by atoms with Crippen molar-refractivity contribution in [2.75, 3.05) is 13.2 Å². The third-order valence-electron chi connectivity index (χ3n) is 4.73. The standard InChI is InChI=1S/C20H28N2O2/c1-13(2)17-11-23-19(21-17)9-15-5-7-16(8-6-15)10-20-22-18(12-24-20)14(3)4/h5-8,13-14,17-18H,9-12H2,1-4H3. The summed E-state index contributed by atoms with van der Waals surface area (Å²) in [5.74, 6) is 2.80. The molecular formula is C20H28N2O2. The number of ether oxygens (including phenoxy) is 2. The van der Waals surface area contributed by atoms with E-state index < -0.39 is 0 Å². The Morgan fingerprint density at radius 2 is 1.17 bits per heavy atom. The first kappa shape index (κ1) is 17.0. The SMILES string of the molecule is CC(C)C1COC(Cc2ccc(CC3=NC(C(C)C)CO3)cc2)=N1. The molecule has 0 N–H and O–H groups in total. The van der Waals surface area contributed by atoms with E-state index in [2.05, 4.69) is 61.9 Å². The van der Waals surface area contributed by atoms with Crippen molar-refractivity contribution < 1.29 is 9.47 Å². The van der Waals surface area contributed by atoms with Gasteiger partial charge in [-0.3, -0.25) is 0 Å². The minimum Gasteiger partial charge on any atom is -0.478 e. The lowest BCUT2D eigenvalue weighted by Crippen LogP contribution is -2.13. The quantitative estimate of drug-likeness (QED) is 0.799. The van der Waals surface area contributed by atoms with Gasteiger partial charge in [0.1, 0.15) is 13.2 Å². The predicted octanol–water partition coefficient (Wildman–Crippen LogP) is 3.68. The summed E-state index contributed by atoms with van der Waals surface area (Å²) in [6, 6.07) is 9.23. The predicted molar refractivity (Wildman–Crippen MR) is 97.9 cm³/mol. The molecule has 2 aliphatic heterocycles. The Balaban J connectivity index is 1.56. The summed E-state index contributed by atoms with van der Waals surface area (Å²) in [6.45, 7) is 10.2. The second-order valence-electron chi connectivity index (χ2n) is 7.46. The van der Waals surface area contributed by atoms with Gasteiger partial charge in [-0.25, -0.2) is 9.98 Å². The van der Waals surface area contributed by atoms with Crippen LogP contribution in [0.4, 0.5) is 0 Å². The zero-order valence-corrected chi connectivity index (χ0v) is 15.2. The molecule has 1 aromatic carbocycles. The molecule has 130 valence electrons. The first-order valence-electron chi connectivity index (χ1n) is 8.98. The highest BCUT2D eigenvalue weighted by Gasteiger charge is 2.23. The van der Waals surface area contributed by atoms with E-state index in [0.717, 1.165) is 37.9 Å². The van der Waals surface area contributed by atoms with Crippen LogP contribution in [0.2, 0.25) is 0 Å². The van der Waals surface area contributed by atoms with Gasteiger partial charge in [-0.05, 0) is 23.0 Å². The van der Waals surface area contributed by atoms with Crippen LogP contribution in [0.1, 0.15) is 38.8 Å². The van der Waals surface area contributed by atoms with Gasteiger partial charge in [-0.15, -0.1) is 0 Å². The molecule has 0 fully saturated rings. The van der Waals surface area contributed by atoms with Gasteiger partial charge in [-0.2, -0.15) is 0 Å². The lowest BCUT2D eigenvalue weighted by Gasteiger charge is -2.06.